The zero-order chi connectivity index (χ0) is 25.5. The average molecular weight is 508 g/mol. The quantitative estimate of drug-likeness (QED) is 0.349. The highest BCUT2D eigenvalue weighted by atomic mass is 35.5. The Morgan fingerprint density at radius 3 is 2.54 bits per heavy atom. The van der Waals surface area contributed by atoms with Gasteiger partial charge in [0.05, 0.1) is 33.9 Å². The lowest BCUT2D eigenvalue weighted by atomic mass is 9.82. The van der Waals surface area contributed by atoms with Crippen LogP contribution in [0.1, 0.15) is 29.5 Å². The predicted octanol–water partition coefficient (Wildman–Crippen LogP) is 5.75. The molecule has 0 bridgehead atoms. The Bertz CT molecular complexity index is 1260. The molecule has 1 heterocycles. The number of dihydropyridines is 1. The molecule has 6 nitrogen and oxygen atoms in total. The minimum absolute atomic E-state index is 0.0504. The number of carbonyl (C=O) groups excluding carboxylic acids is 2. The van der Waals surface area contributed by atoms with Crippen molar-refractivity contribution in [2.75, 3.05) is 17.7 Å². The Kier molecular flexibility index (Phi) is 8.80. The molecule has 1 aliphatic heterocycles. The van der Waals surface area contributed by atoms with Crippen molar-refractivity contribution in [2.45, 2.75) is 26.7 Å². The summed E-state index contributed by atoms with van der Waals surface area (Å²) in [4.78, 5) is 25.5. The van der Waals surface area contributed by atoms with E-state index in [1.807, 2.05) is 32.0 Å². The van der Waals surface area contributed by atoms with Crippen molar-refractivity contribution in [2.24, 2.45) is 0 Å². The van der Waals surface area contributed by atoms with E-state index in [1.165, 1.54) is 17.8 Å². The molecule has 180 valence electrons. The van der Waals surface area contributed by atoms with Crippen molar-refractivity contribution < 1.29 is 14.3 Å². The third-order valence-corrected chi connectivity index (χ3v) is 6.81. The number of nitriles is 1. The van der Waals surface area contributed by atoms with Crippen LogP contribution < -0.4 is 10.6 Å². The number of hydrogen-bond acceptors (Lipinski definition) is 6. The summed E-state index contributed by atoms with van der Waals surface area (Å²) in [5, 5.41) is 17.2. The van der Waals surface area contributed by atoms with Gasteiger partial charge in [0.1, 0.15) is 6.61 Å². The van der Waals surface area contributed by atoms with E-state index < -0.39 is 11.9 Å². The average Bonchev–Trinajstić information content (AvgIpc) is 2.83. The molecule has 0 unspecified atom stereocenters. The van der Waals surface area contributed by atoms with E-state index in [0.717, 1.165) is 16.7 Å². The van der Waals surface area contributed by atoms with Crippen LogP contribution in [0.25, 0.3) is 0 Å². The number of aryl methyl sites for hydroxylation is 2. The van der Waals surface area contributed by atoms with Crippen molar-refractivity contribution in [3.8, 4) is 6.07 Å². The molecule has 0 aromatic heterocycles. The number of nitrogens with one attached hydrogen (secondary N) is 2. The highest BCUT2D eigenvalue weighted by Crippen LogP contribution is 2.41. The monoisotopic (exact) mass is 507 g/mol. The van der Waals surface area contributed by atoms with Crippen LogP contribution in [0.15, 0.2) is 77.0 Å². The summed E-state index contributed by atoms with van der Waals surface area (Å²) < 4.78 is 5.30. The van der Waals surface area contributed by atoms with Gasteiger partial charge in [-0.3, -0.25) is 4.79 Å². The second kappa shape index (κ2) is 11.8. The van der Waals surface area contributed by atoms with Gasteiger partial charge >= 0.3 is 5.97 Å². The number of nitrogens with zero attached hydrogens (tertiary/aromatic N) is 1. The van der Waals surface area contributed by atoms with Crippen molar-refractivity contribution in [1.82, 2.24) is 5.32 Å². The molecular weight excluding hydrogens is 482 g/mol. The van der Waals surface area contributed by atoms with Crippen LogP contribution in [-0.2, 0) is 14.3 Å². The maximum atomic E-state index is 12.9. The van der Waals surface area contributed by atoms with Gasteiger partial charge in [-0.25, -0.2) is 4.79 Å². The van der Waals surface area contributed by atoms with E-state index in [9.17, 15) is 14.9 Å². The third-order valence-electron chi connectivity index (χ3n) is 5.54. The zero-order valence-corrected chi connectivity index (χ0v) is 21.3. The van der Waals surface area contributed by atoms with Crippen LogP contribution in [0.3, 0.4) is 0 Å². The Labute approximate surface area is 214 Å². The summed E-state index contributed by atoms with van der Waals surface area (Å²) in [7, 11) is 0. The summed E-state index contributed by atoms with van der Waals surface area (Å²) in [6.45, 7) is 9.37. The summed E-state index contributed by atoms with van der Waals surface area (Å²) in [5.74, 6) is -1.33. The number of thioether (sulfide) groups is 1. The summed E-state index contributed by atoms with van der Waals surface area (Å²) in [5.41, 5.74) is 4.87. The fourth-order valence-corrected chi connectivity index (χ4v) is 4.67. The summed E-state index contributed by atoms with van der Waals surface area (Å²) >= 11 is 7.27. The van der Waals surface area contributed by atoms with Crippen molar-refractivity contribution in [1.29, 1.82) is 5.26 Å². The van der Waals surface area contributed by atoms with Gasteiger partial charge in [0.25, 0.3) is 0 Å². The molecular formula is C27H26ClN3O3S. The largest absolute Gasteiger partial charge is 0.458 e. The number of anilines is 1. The van der Waals surface area contributed by atoms with Crippen molar-refractivity contribution in [3.63, 3.8) is 0 Å². The van der Waals surface area contributed by atoms with Crippen LogP contribution in [0.4, 0.5) is 5.69 Å². The topological polar surface area (TPSA) is 91.2 Å². The van der Waals surface area contributed by atoms with Crippen molar-refractivity contribution in [3.05, 3.63) is 98.7 Å². The highest BCUT2D eigenvalue weighted by molar-refractivity contribution is 8.03. The van der Waals surface area contributed by atoms with Gasteiger partial charge in [-0.15, -0.1) is 0 Å². The number of rotatable bonds is 8. The molecule has 8 heteroatoms. The van der Waals surface area contributed by atoms with Crippen LogP contribution in [0.5, 0.6) is 0 Å². The first-order chi connectivity index (χ1) is 16.7. The van der Waals surface area contributed by atoms with Gasteiger partial charge in [-0.2, -0.15) is 5.26 Å². The first-order valence-corrected chi connectivity index (χ1v) is 12.3. The number of esters is 1. The van der Waals surface area contributed by atoms with Gasteiger partial charge in [-0.05, 0) is 61.7 Å². The minimum Gasteiger partial charge on any atom is -0.458 e. The van der Waals surface area contributed by atoms with Gasteiger partial charge in [0.15, 0.2) is 0 Å². The van der Waals surface area contributed by atoms with Gasteiger partial charge in [0.2, 0.25) is 5.91 Å². The lowest BCUT2D eigenvalue weighted by Crippen LogP contribution is -2.29. The Hall–Kier alpha value is -3.47. The Morgan fingerprint density at radius 2 is 1.91 bits per heavy atom. The molecule has 0 spiro atoms. The molecule has 3 rings (SSSR count). The minimum atomic E-state index is -0.666. The maximum Gasteiger partial charge on any atom is 0.337 e. The number of allylic oxidation sites excluding steroid dienone is 2. The van der Waals surface area contributed by atoms with E-state index in [0.29, 0.717) is 32.6 Å². The van der Waals surface area contributed by atoms with Gasteiger partial charge in [0, 0.05) is 16.4 Å². The summed E-state index contributed by atoms with van der Waals surface area (Å²) in [6, 6.07) is 14.9. The third kappa shape index (κ3) is 6.36. The first kappa shape index (κ1) is 26.1. The molecule has 35 heavy (non-hydrogen) atoms. The summed E-state index contributed by atoms with van der Waals surface area (Å²) in [6.07, 6.45) is 1.48. The second-order valence-electron chi connectivity index (χ2n) is 8.03. The fourth-order valence-electron chi connectivity index (χ4n) is 3.65. The van der Waals surface area contributed by atoms with Crippen LogP contribution in [0, 0.1) is 25.2 Å². The van der Waals surface area contributed by atoms with Crippen LogP contribution in [-0.4, -0.2) is 24.2 Å². The van der Waals surface area contributed by atoms with Crippen LogP contribution >= 0.6 is 23.4 Å². The predicted molar refractivity (Wildman–Crippen MR) is 141 cm³/mol. The molecule has 1 atom stereocenters. The smallest absolute Gasteiger partial charge is 0.337 e. The highest BCUT2D eigenvalue weighted by Gasteiger charge is 2.35. The number of ether oxygens (including phenoxy) is 1. The SMILES string of the molecule is C=CCOC(=O)C1=C(C)NC(SCC(=O)Nc2ccc(C)c(C)c2)=C(C#N)[C@@H]1c1ccc(Cl)cc1. The van der Waals surface area contributed by atoms with E-state index in [2.05, 4.69) is 23.3 Å². The molecule has 2 aromatic rings. The molecule has 0 saturated carbocycles. The lowest BCUT2D eigenvalue weighted by Gasteiger charge is -2.29. The fraction of sp³-hybridized carbons (Fsp3) is 0.222. The zero-order valence-electron chi connectivity index (χ0n) is 19.8. The second-order valence-corrected chi connectivity index (χ2v) is 9.45. The van der Waals surface area contributed by atoms with Gasteiger partial charge in [-0.1, -0.05) is 54.2 Å². The Balaban J connectivity index is 1.88. The van der Waals surface area contributed by atoms with E-state index >= 15 is 0 Å². The number of hydrogen-bond donors (Lipinski definition) is 2. The molecule has 0 radical (unpaired) electrons. The number of carbonyl (C=O) groups is 2. The maximum absolute atomic E-state index is 12.9. The first-order valence-electron chi connectivity index (χ1n) is 10.9. The molecule has 1 aliphatic rings. The van der Waals surface area contributed by atoms with E-state index in [1.54, 1.807) is 31.2 Å². The molecule has 2 aromatic carbocycles. The van der Waals surface area contributed by atoms with Gasteiger partial charge < -0.3 is 15.4 Å². The molecule has 2 N–H and O–H groups in total. The number of benzene rings is 2. The molecule has 0 saturated heterocycles. The van der Waals surface area contributed by atoms with Crippen LogP contribution in [0.2, 0.25) is 5.02 Å². The number of amides is 1. The standard InChI is InChI=1S/C27H26ClN3O3S/c1-5-12-34-27(33)24-18(4)30-26(22(14-29)25(24)19-7-9-20(28)10-8-19)35-15-23(32)31-21-11-6-16(2)17(3)13-21/h5-11,13,25,30H,1,12,15H2,2-4H3,(H,31,32)/t25-/m0/s1. The van der Waals surface area contributed by atoms with E-state index in [-0.39, 0.29) is 18.3 Å². The van der Waals surface area contributed by atoms with Crippen molar-refractivity contribution >= 4 is 40.9 Å². The Morgan fingerprint density at radius 1 is 1.20 bits per heavy atom. The normalized spacial score (nSPS) is 15.2. The molecule has 1 amide bonds. The van der Waals surface area contributed by atoms with E-state index in [4.69, 9.17) is 16.3 Å². The molecule has 0 fully saturated rings. The molecule has 0 aliphatic carbocycles. The number of halogens is 1. The lowest BCUT2D eigenvalue weighted by molar-refractivity contribution is -0.138.